The average molecular weight is 373 g/mol. The van der Waals surface area contributed by atoms with Crippen molar-refractivity contribution in [2.45, 2.75) is 124 Å². The molecular weight excluding hydrogens is 328 g/mol. The van der Waals surface area contributed by atoms with Crippen LogP contribution in [0.15, 0.2) is 18.2 Å². The zero-order valence-electron chi connectivity index (χ0n) is 18.5. The number of Topliss-reactive ketones (excluding diaryl/α,β-unsaturated/α-hetero) is 1. The van der Waals surface area contributed by atoms with Crippen LogP contribution in [0.3, 0.4) is 0 Å². The quantitative estimate of drug-likeness (QED) is 0.197. The minimum Gasteiger partial charge on any atom is -0.294 e. The van der Waals surface area contributed by atoms with Crippen LogP contribution in [0.1, 0.15) is 131 Å². The molecule has 1 heteroatoms. The molecule has 0 radical (unpaired) electrons. The van der Waals surface area contributed by atoms with Crippen LogP contribution in [0.5, 0.6) is 0 Å². The minimum absolute atomic E-state index is 0.334. The third-order valence-corrected chi connectivity index (χ3v) is 5.77. The van der Waals surface area contributed by atoms with E-state index in [0.29, 0.717) is 12.2 Å². The largest absolute Gasteiger partial charge is 0.294 e. The highest BCUT2D eigenvalue weighted by Crippen LogP contribution is 2.18. The summed E-state index contributed by atoms with van der Waals surface area (Å²) < 4.78 is 0. The second-order valence-corrected chi connectivity index (χ2v) is 8.39. The standard InChI is InChI=1S/C26H44O/c1-4-5-6-7-8-9-10-11-12-13-14-15-16-17-18-22-25(27)26-23(2)20-19-21-24(26)3/h19-21H,4-18,22H2,1-3H3. The predicted molar refractivity (Wildman–Crippen MR) is 120 cm³/mol. The Morgan fingerprint density at radius 3 is 1.41 bits per heavy atom. The Hall–Kier alpha value is -1.11. The Balaban J connectivity index is 1.90. The van der Waals surface area contributed by atoms with Crippen molar-refractivity contribution in [3.8, 4) is 0 Å². The molecule has 0 fully saturated rings. The zero-order chi connectivity index (χ0) is 19.7. The molecule has 1 aromatic rings. The molecule has 0 saturated heterocycles. The number of ketones is 1. The molecule has 0 bridgehead atoms. The van der Waals surface area contributed by atoms with Gasteiger partial charge in [0.1, 0.15) is 0 Å². The van der Waals surface area contributed by atoms with E-state index in [-0.39, 0.29) is 0 Å². The molecule has 154 valence electrons. The van der Waals surface area contributed by atoms with E-state index >= 15 is 0 Å². The maximum absolute atomic E-state index is 12.4. The molecule has 0 atom stereocenters. The van der Waals surface area contributed by atoms with Gasteiger partial charge in [0.05, 0.1) is 0 Å². The van der Waals surface area contributed by atoms with Crippen molar-refractivity contribution in [3.63, 3.8) is 0 Å². The van der Waals surface area contributed by atoms with Gasteiger partial charge in [0, 0.05) is 12.0 Å². The van der Waals surface area contributed by atoms with Crippen molar-refractivity contribution in [1.82, 2.24) is 0 Å². The molecule has 1 rings (SSSR count). The van der Waals surface area contributed by atoms with E-state index in [9.17, 15) is 4.79 Å². The summed E-state index contributed by atoms with van der Waals surface area (Å²) in [4.78, 5) is 12.4. The van der Waals surface area contributed by atoms with Crippen LogP contribution in [0.4, 0.5) is 0 Å². The smallest absolute Gasteiger partial charge is 0.163 e. The first-order valence-corrected chi connectivity index (χ1v) is 11.8. The van der Waals surface area contributed by atoms with Crippen molar-refractivity contribution < 1.29 is 4.79 Å². The van der Waals surface area contributed by atoms with Gasteiger partial charge in [-0.2, -0.15) is 0 Å². The summed E-state index contributed by atoms with van der Waals surface area (Å²) in [5.41, 5.74) is 3.21. The highest BCUT2D eigenvalue weighted by Gasteiger charge is 2.11. The van der Waals surface area contributed by atoms with Crippen LogP contribution in [-0.2, 0) is 0 Å². The minimum atomic E-state index is 0.334. The maximum atomic E-state index is 12.4. The number of carbonyl (C=O) groups excluding carboxylic acids is 1. The first-order chi connectivity index (χ1) is 13.2. The SMILES string of the molecule is CCCCCCCCCCCCCCCCCC(=O)c1c(C)cccc1C. The third kappa shape index (κ3) is 11.4. The molecule has 1 nitrogen and oxygen atoms in total. The molecule has 0 amide bonds. The second-order valence-electron chi connectivity index (χ2n) is 8.39. The van der Waals surface area contributed by atoms with Crippen LogP contribution in [0.2, 0.25) is 0 Å². The zero-order valence-corrected chi connectivity index (χ0v) is 18.5. The molecule has 0 saturated carbocycles. The van der Waals surface area contributed by atoms with Gasteiger partial charge in [-0.05, 0) is 31.4 Å². The second kappa shape index (κ2) is 15.9. The lowest BCUT2D eigenvalue weighted by Gasteiger charge is -2.08. The number of unbranched alkanes of at least 4 members (excludes halogenated alkanes) is 14. The van der Waals surface area contributed by atoms with Gasteiger partial charge in [-0.3, -0.25) is 4.79 Å². The molecule has 0 aliphatic carbocycles. The van der Waals surface area contributed by atoms with Gasteiger partial charge in [0.2, 0.25) is 0 Å². The van der Waals surface area contributed by atoms with Gasteiger partial charge < -0.3 is 0 Å². The van der Waals surface area contributed by atoms with Crippen LogP contribution in [-0.4, -0.2) is 5.78 Å². The molecule has 0 aromatic heterocycles. The highest BCUT2D eigenvalue weighted by molar-refractivity contribution is 5.98. The fraction of sp³-hybridized carbons (Fsp3) is 0.731. The molecule has 0 heterocycles. The number of benzene rings is 1. The van der Waals surface area contributed by atoms with E-state index in [1.807, 2.05) is 32.0 Å². The number of aryl methyl sites for hydroxylation is 2. The van der Waals surface area contributed by atoms with Gasteiger partial charge in [-0.1, -0.05) is 115 Å². The number of hydrogen-bond acceptors (Lipinski definition) is 1. The van der Waals surface area contributed by atoms with E-state index in [1.165, 1.54) is 89.9 Å². The first kappa shape index (κ1) is 23.9. The van der Waals surface area contributed by atoms with Gasteiger partial charge in [0.15, 0.2) is 5.78 Å². The third-order valence-electron chi connectivity index (χ3n) is 5.77. The topological polar surface area (TPSA) is 17.1 Å². The van der Waals surface area contributed by atoms with E-state index in [4.69, 9.17) is 0 Å². The van der Waals surface area contributed by atoms with Crippen molar-refractivity contribution >= 4 is 5.78 Å². The number of hydrogen-bond donors (Lipinski definition) is 0. The van der Waals surface area contributed by atoms with Crippen LogP contribution < -0.4 is 0 Å². The summed E-state index contributed by atoms with van der Waals surface area (Å²) in [6, 6.07) is 6.13. The molecule has 0 aliphatic heterocycles. The lowest BCUT2D eigenvalue weighted by molar-refractivity contribution is 0.0978. The summed E-state index contributed by atoms with van der Waals surface area (Å²) in [7, 11) is 0. The van der Waals surface area contributed by atoms with Gasteiger partial charge in [-0.25, -0.2) is 0 Å². The predicted octanol–water partition coefficient (Wildman–Crippen LogP) is 8.75. The Bertz CT molecular complexity index is 483. The Morgan fingerprint density at radius 1 is 0.630 bits per heavy atom. The van der Waals surface area contributed by atoms with Crippen LogP contribution in [0.25, 0.3) is 0 Å². The van der Waals surface area contributed by atoms with Gasteiger partial charge >= 0.3 is 0 Å². The molecule has 0 unspecified atom stereocenters. The summed E-state index contributed by atoms with van der Waals surface area (Å²) in [6.45, 7) is 6.38. The fourth-order valence-corrected chi connectivity index (χ4v) is 4.04. The number of rotatable bonds is 17. The van der Waals surface area contributed by atoms with Crippen molar-refractivity contribution in [1.29, 1.82) is 0 Å². The molecule has 0 aliphatic rings. The lowest BCUT2D eigenvalue weighted by atomic mass is 9.96. The first-order valence-electron chi connectivity index (χ1n) is 11.8. The normalized spacial score (nSPS) is 11.1. The van der Waals surface area contributed by atoms with E-state index in [0.717, 1.165) is 23.1 Å². The fourth-order valence-electron chi connectivity index (χ4n) is 4.04. The average Bonchev–Trinajstić information content (AvgIpc) is 2.64. The maximum Gasteiger partial charge on any atom is 0.163 e. The molecule has 27 heavy (non-hydrogen) atoms. The molecular formula is C26H44O. The van der Waals surface area contributed by atoms with Gasteiger partial charge in [0.25, 0.3) is 0 Å². The summed E-state index contributed by atoms with van der Waals surface area (Å²) in [5, 5.41) is 0. The summed E-state index contributed by atoms with van der Waals surface area (Å²) in [5.74, 6) is 0.334. The van der Waals surface area contributed by atoms with Crippen molar-refractivity contribution in [2.24, 2.45) is 0 Å². The Kier molecular flexibility index (Phi) is 14.1. The number of carbonyl (C=O) groups is 1. The van der Waals surface area contributed by atoms with Gasteiger partial charge in [-0.15, -0.1) is 0 Å². The Morgan fingerprint density at radius 2 is 1.00 bits per heavy atom. The highest BCUT2D eigenvalue weighted by atomic mass is 16.1. The summed E-state index contributed by atoms with van der Waals surface area (Å²) >= 11 is 0. The van der Waals surface area contributed by atoms with E-state index < -0.39 is 0 Å². The summed E-state index contributed by atoms with van der Waals surface area (Å²) in [6.07, 6.45) is 21.2. The van der Waals surface area contributed by atoms with E-state index in [1.54, 1.807) is 0 Å². The van der Waals surface area contributed by atoms with Crippen LogP contribution in [0, 0.1) is 13.8 Å². The van der Waals surface area contributed by atoms with Crippen LogP contribution >= 0.6 is 0 Å². The molecule has 1 aromatic carbocycles. The molecule has 0 spiro atoms. The van der Waals surface area contributed by atoms with Crippen molar-refractivity contribution in [2.75, 3.05) is 0 Å². The van der Waals surface area contributed by atoms with Crippen molar-refractivity contribution in [3.05, 3.63) is 34.9 Å². The Labute approximate surface area is 169 Å². The van der Waals surface area contributed by atoms with E-state index in [2.05, 4.69) is 6.92 Å². The lowest BCUT2D eigenvalue weighted by Crippen LogP contribution is -2.04. The molecule has 0 N–H and O–H groups in total. The monoisotopic (exact) mass is 372 g/mol.